The summed E-state index contributed by atoms with van der Waals surface area (Å²) < 4.78 is 4.16. The van der Waals surface area contributed by atoms with Crippen LogP contribution in [-0.4, -0.2) is 19.6 Å². The van der Waals surface area contributed by atoms with E-state index in [4.69, 9.17) is 0 Å². The third kappa shape index (κ3) is 3.28. The van der Waals surface area contributed by atoms with Gasteiger partial charge in [0.25, 0.3) is 0 Å². The SMILES string of the molecule is CC[C@@H](C)n1nccc1CNCc1ccnn1C(C)C. The van der Waals surface area contributed by atoms with E-state index in [1.807, 2.05) is 12.4 Å². The molecule has 5 heteroatoms. The highest BCUT2D eigenvalue weighted by molar-refractivity contribution is 5.04. The number of nitrogens with zero attached hydrogens (tertiary/aromatic N) is 4. The maximum atomic E-state index is 4.41. The molecule has 110 valence electrons. The van der Waals surface area contributed by atoms with Crippen molar-refractivity contribution in [1.82, 2.24) is 24.9 Å². The van der Waals surface area contributed by atoms with Gasteiger partial charge >= 0.3 is 0 Å². The van der Waals surface area contributed by atoms with Gasteiger partial charge in [0.2, 0.25) is 0 Å². The van der Waals surface area contributed by atoms with E-state index in [-0.39, 0.29) is 0 Å². The first kappa shape index (κ1) is 14.8. The van der Waals surface area contributed by atoms with Crippen LogP contribution in [-0.2, 0) is 13.1 Å². The van der Waals surface area contributed by atoms with Gasteiger partial charge in [-0.25, -0.2) is 0 Å². The third-order valence-corrected chi connectivity index (χ3v) is 3.61. The Morgan fingerprint density at radius 2 is 1.55 bits per heavy atom. The highest BCUT2D eigenvalue weighted by Gasteiger charge is 2.09. The normalized spacial score (nSPS) is 13.1. The van der Waals surface area contributed by atoms with Crippen LogP contribution in [0.1, 0.15) is 57.6 Å². The number of rotatable bonds is 7. The molecule has 20 heavy (non-hydrogen) atoms. The molecule has 0 amide bonds. The first-order chi connectivity index (χ1) is 9.63. The Kier molecular flexibility index (Phi) is 4.95. The quantitative estimate of drug-likeness (QED) is 0.845. The lowest BCUT2D eigenvalue weighted by Gasteiger charge is -2.15. The lowest BCUT2D eigenvalue weighted by atomic mass is 10.2. The molecule has 0 aliphatic carbocycles. The molecule has 1 atom stereocenters. The van der Waals surface area contributed by atoms with Crippen LogP contribution < -0.4 is 5.32 Å². The summed E-state index contributed by atoms with van der Waals surface area (Å²) in [7, 11) is 0. The average Bonchev–Trinajstić information content (AvgIpc) is 3.06. The van der Waals surface area contributed by atoms with Gasteiger partial charge in [0.15, 0.2) is 0 Å². The Morgan fingerprint density at radius 3 is 2.10 bits per heavy atom. The van der Waals surface area contributed by atoms with Crippen molar-refractivity contribution in [3.05, 3.63) is 35.9 Å². The van der Waals surface area contributed by atoms with Crippen molar-refractivity contribution in [1.29, 1.82) is 0 Å². The van der Waals surface area contributed by atoms with E-state index in [1.165, 1.54) is 11.4 Å². The molecule has 2 aromatic rings. The molecule has 2 heterocycles. The van der Waals surface area contributed by atoms with Gasteiger partial charge in [-0.05, 0) is 39.3 Å². The zero-order chi connectivity index (χ0) is 14.5. The van der Waals surface area contributed by atoms with Crippen LogP contribution in [0.3, 0.4) is 0 Å². The van der Waals surface area contributed by atoms with Crippen LogP contribution in [0.25, 0.3) is 0 Å². The largest absolute Gasteiger partial charge is 0.306 e. The number of hydrogen-bond donors (Lipinski definition) is 1. The van der Waals surface area contributed by atoms with E-state index in [2.05, 4.69) is 64.7 Å². The minimum absolute atomic E-state index is 0.396. The molecule has 0 saturated heterocycles. The van der Waals surface area contributed by atoms with E-state index in [0.29, 0.717) is 12.1 Å². The Labute approximate surface area is 121 Å². The Hall–Kier alpha value is -1.62. The number of nitrogens with one attached hydrogen (secondary N) is 1. The van der Waals surface area contributed by atoms with E-state index >= 15 is 0 Å². The molecular formula is C15H25N5. The summed E-state index contributed by atoms with van der Waals surface area (Å²) in [6, 6.07) is 4.99. The predicted octanol–water partition coefficient (Wildman–Crippen LogP) is 2.92. The molecule has 0 fully saturated rings. The molecule has 1 N–H and O–H groups in total. The van der Waals surface area contributed by atoms with Crippen LogP contribution in [0.15, 0.2) is 24.5 Å². The van der Waals surface area contributed by atoms with Crippen LogP contribution in [0, 0.1) is 0 Å². The molecule has 0 spiro atoms. The average molecular weight is 275 g/mol. The van der Waals surface area contributed by atoms with Gasteiger partial charge in [-0.15, -0.1) is 0 Å². The summed E-state index contributed by atoms with van der Waals surface area (Å²) in [4.78, 5) is 0. The fourth-order valence-corrected chi connectivity index (χ4v) is 2.32. The first-order valence-electron chi connectivity index (χ1n) is 7.39. The zero-order valence-corrected chi connectivity index (χ0v) is 12.9. The summed E-state index contributed by atoms with van der Waals surface area (Å²) in [5.74, 6) is 0. The van der Waals surface area contributed by atoms with Gasteiger partial charge < -0.3 is 5.32 Å². The molecule has 0 aliphatic rings. The van der Waals surface area contributed by atoms with Crippen LogP contribution in [0.4, 0.5) is 0 Å². The molecule has 2 aromatic heterocycles. The first-order valence-corrected chi connectivity index (χ1v) is 7.39. The topological polar surface area (TPSA) is 47.7 Å². The summed E-state index contributed by atoms with van der Waals surface area (Å²) in [6.07, 6.45) is 4.83. The second-order valence-corrected chi connectivity index (χ2v) is 5.49. The highest BCUT2D eigenvalue weighted by atomic mass is 15.3. The van der Waals surface area contributed by atoms with Crippen LogP contribution >= 0.6 is 0 Å². The molecule has 2 rings (SSSR count). The predicted molar refractivity (Wildman–Crippen MR) is 80.4 cm³/mol. The third-order valence-electron chi connectivity index (χ3n) is 3.61. The molecule has 5 nitrogen and oxygen atoms in total. The summed E-state index contributed by atoms with van der Waals surface area (Å²) in [6.45, 7) is 10.3. The van der Waals surface area contributed by atoms with Gasteiger partial charge in [0.1, 0.15) is 0 Å². The monoisotopic (exact) mass is 275 g/mol. The maximum absolute atomic E-state index is 4.41. The smallest absolute Gasteiger partial charge is 0.0525 e. The van der Waals surface area contributed by atoms with Gasteiger partial charge in [0.05, 0.1) is 11.4 Å². The Balaban J connectivity index is 1.93. The Morgan fingerprint density at radius 1 is 1.00 bits per heavy atom. The minimum Gasteiger partial charge on any atom is -0.306 e. The summed E-state index contributed by atoms with van der Waals surface area (Å²) in [5.41, 5.74) is 2.45. The summed E-state index contributed by atoms with van der Waals surface area (Å²) in [5, 5.41) is 12.2. The molecule has 0 bridgehead atoms. The van der Waals surface area contributed by atoms with Crippen LogP contribution in [0.2, 0.25) is 0 Å². The van der Waals surface area contributed by atoms with Crippen molar-refractivity contribution in [2.75, 3.05) is 0 Å². The van der Waals surface area contributed by atoms with Crippen molar-refractivity contribution in [2.45, 2.75) is 59.3 Å². The molecule has 0 aromatic carbocycles. The fourth-order valence-electron chi connectivity index (χ4n) is 2.32. The van der Waals surface area contributed by atoms with E-state index in [1.54, 1.807) is 0 Å². The van der Waals surface area contributed by atoms with E-state index < -0.39 is 0 Å². The van der Waals surface area contributed by atoms with Crippen molar-refractivity contribution >= 4 is 0 Å². The molecule has 0 aliphatic heterocycles. The highest BCUT2D eigenvalue weighted by Crippen LogP contribution is 2.12. The zero-order valence-electron chi connectivity index (χ0n) is 12.9. The number of aromatic nitrogens is 4. The van der Waals surface area contributed by atoms with Crippen molar-refractivity contribution in [3.8, 4) is 0 Å². The fraction of sp³-hybridized carbons (Fsp3) is 0.600. The van der Waals surface area contributed by atoms with Crippen LogP contribution in [0.5, 0.6) is 0 Å². The molecule has 0 radical (unpaired) electrons. The van der Waals surface area contributed by atoms with Gasteiger partial charge in [-0.1, -0.05) is 6.92 Å². The lowest BCUT2D eigenvalue weighted by Crippen LogP contribution is -2.20. The Bertz CT molecular complexity index is 526. The van der Waals surface area contributed by atoms with E-state index in [0.717, 1.165) is 19.5 Å². The molecule has 0 saturated carbocycles. The van der Waals surface area contributed by atoms with Crippen molar-refractivity contribution < 1.29 is 0 Å². The lowest BCUT2D eigenvalue weighted by molar-refractivity contribution is 0.447. The minimum atomic E-state index is 0.396. The summed E-state index contributed by atoms with van der Waals surface area (Å²) >= 11 is 0. The van der Waals surface area contributed by atoms with Gasteiger partial charge in [0, 0.05) is 37.6 Å². The van der Waals surface area contributed by atoms with Crippen molar-refractivity contribution in [2.24, 2.45) is 0 Å². The van der Waals surface area contributed by atoms with Crippen molar-refractivity contribution in [3.63, 3.8) is 0 Å². The molecular weight excluding hydrogens is 250 g/mol. The second kappa shape index (κ2) is 6.70. The standard InChI is InChI=1S/C15H25N5/c1-5-13(4)20-15(7-9-18-20)11-16-10-14-6-8-17-19(14)12(2)3/h6-9,12-13,16H,5,10-11H2,1-4H3/t13-/m1/s1. The van der Waals surface area contributed by atoms with Gasteiger partial charge in [-0.2, -0.15) is 10.2 Å². The molecule has 0 unspecified atom stereocenters. The van der Waals surface area contributed by atoms with E-state index in [9.17, 15) is 0 Å². The second-order valence-electron chi connectivity index (χ2n) is 5.49. The number of hydrogen-bond acceptors (Lipinski definition) is 3. The van der Waals surface area contributed by atoms with Gasteiger partial charge in [-0.3, -0.25) is 9.36 Å². The maximum Gasteiger partial charge on any atom is 0.0525 e.